The first kappa shape index (κ1) is 13.3. The van der Waals surface area contributed by atoms with Gasteiger partial charge in [-0.05, 0) is 31.6 Å². The molecule has 0 saturated carbocycles. The number of nitrogens with zero attached hydrogens (tertiary/aromatic N) is 1. The fraction of sp³-hybridized carbons (Fsp3) is 1.00. The van der Waals surface area contributed by atoms with Crippen LogP contribution in [0.25, 0.3) is 0 Å². The van der Waals surface area contributed by atoms with Gasteiger partial charge in [-0.1, -0.05) is 20.3 Å². The third-order valence-electron chi connectivity index (χ3n) is 4.49. The molecule has 2 aliphatic rings. The zero-order valence-corrected chi connectivity index (χ0v) is 11.6. The molecule has 2 atom stereocenters. The van der Waals surface area contributed by atoms with Crippen LogP contribution in [-0.4, -0.2) is 36.6 Å². The summed E-state index contributed by atoms with van der Waals surface area (Å²) in [6.45, 7) is 4.08. The van der Waals surface area contributed by atoms with Gasteiger partial charge in [0.1, 0.15) is 0 Å². The van der Waals surface area contributed by atoms with E-state index in [9.17, 15) is 8.42 Å². The highest BCUT2D eigenvalue weighted by Crippen LogP contribution is 2.39. The Bertz CT molecular complexity index is 349. The predicted molar refractivity (Wildman–Crippen MR) is 69.1 cm³/mol. The molecule has 2 rings (SSSR count). The molecule has 2 saturated heterocycles. The molecule has 0 aromatic heterocycles. The maximum Gasteiger partial charge on any atom is 0.216 e. The van der Waals surface area contributed by atoms with Gasteiger partial charge in [-0.15, -0.1) is 0 Å². The van der Waals surface area contributed by atoms with Crippen LogP contribution in [0.1, 0.15) is 46.0 Å². The molecule has 2 aliphatic heterocycles. The van der Waals surface area contributed by atoms with Gasteiger partial charge in [-0.2, -0.15) is 4.31 Å². The first-order valence-corrected chi connectivity index (χ1v) is 8.33. The first-order chi connectivity index (χ1) is 7.95. The molecule has 0 aromatic rings. The van der Waals surface area contributed by atoms with Gasteiger partial charge in [0, 0.05) is 18.1 Å². The summed E-state index contributed by atoms with van der Waals surface area (Å²) >= 11 is 0. The summed E-state index contributed by atoms with van der Waals surface area (Å²) in [6.07, 6.45) is 5.11. The Morgan fingerprint density at radius 1 is 1.24 bits per heavy atom. The highest BCUT2D eigenvalue weighted by atomic mass is 32.2. The van der Waals surface area contributed by atoms with Crippen LogP contribution in [0.2, 0.25) is 0 Å². The summed E-state index contributed by atoms with van der Waals surface area (Å²) in [4.78, 5) is 0. The quantitative estimate of drug-likeness (QED) is 0.811. The smallest absolute Gasteiger partial charge is 0.216 e. The van der Waals surface area contributed by atoms with Gasteiger partial charge in [-0.25, -0.2) is 8.42 Å². The number of sulfonamides is 1. The van der Waals surface area contributed by atoms with E-state index in [-0.39, 0.29) is 29.8 Å². The van der Waals surface area contributed by atoms with Crippen molar-refractivity contribution in [3.63, 3.8) is 0 Å². The van der Waals surface area contributed by atoms with Crippen LogP contribution < -0.4 is 5.73 Å². The topological polar surface area (TPSA) is 63.4 Å². The Morgan fingerprint density at radius 3 is 2.12 bits per heavy atom. The molecular formula is C12H24N2O2S. The van der Waals surface area contributed by atoms with Crippen molar-refractivity contribution in [3.05, 3.63) is 0 Å². The molecule has 0 radical (unpaired) electrons. The van der Waals surface area contributed by atoms with E-state index in [0.717, 1.165) is 32.1 Å². The molecule has 0 aliphatic carbocycles. The molecule has 2 heterocycles. The van der Waals surface area contributed by atoms with Crippen LogP contribution in [0.3, 0.4) is 0 Å². The molecule has 2 N–H and O–H groups in total. The third kappa shape index (κ3) is 2.51. The van der Waals surface area contributed by atoms with Gasteiger partial charge in [0.15, 0.2) is 0 Å². The van der Waals surface area contributed by atoms with E-state index in [1.165, 1.54) is 0 Å². The number of rotatable bonds is 5. The summed E-state index contributed by atoms with van der Waals surface area (Å²) in [6, 6.07) is 0.313. The van der Waals surface area contributed by atoms with E-state index < -0.39 is 10.0 Å². The minimum atomic E-state index is -3.14. The van der Waals surface area contributed by atoms with Crippen molar-refractivity contribution in [1.29, 1.82) is 0 Å². The monoisotopic (exact) mass is 260 g/mol. The van der Waals surface area contributed by atoms with Gasteiger partial charge in [-0.3, -0.25) is 0 Å². The van der Waals surface area contributed by atoms with Crippen LogP contribution in [0.5, 0.6) is 0 Å². The minimum Gasteiger partial charge on any atom is -0.326 e. The fourth-order valence-corrected chi connectivity index (χ4v) is 5.43. The second-order valence-electron chi connectivity index (χ2n) is 5.62. The van der Waals surface area contributed by atoms with E-state index in [1.807, 2.05) is 6.92 Å². The lowest BCUT2D eigenvalue weighted by atomic mass is 10.0. The Labute approximate surface area is 105 Å². The molecule has 100 valence electrons. The summed E-state index contributed by atoms with van der Waals surface area (Å²) in [5.74, 6) is 0.389. The standard InChI is InChI=1S/C12H24N2O2S/c1-3-9(2)12(13)8-17(15,16)14-10-4-5-11(14)7-6-10/h9-12H,3-8,13H2,1-2H3. The summed E-state index contributed by atoms with van der Waals surface area (Å²) in [7, 11) is -3.14. The molecule has 5 heteroatoms. The van der Waals surface area contributed by atoms with E-state index in [4.69, 9.17) is 5.73 Å². The number of hydrogen-bond acceptors (Lipinski definition) is 3. The third-order valence-corrected chi connectivity index (χ3v) is 6.53. The van der Waals surface area contributed by atoms with Crippen LogP contribution in [0.15, 0.2) is 0 Å². The lowest BCUT2D eigenvalue weighted by Crippen LogP contribution is -2.44. The highest BCUT2D eigenvalue weighted by molar-refractivity contribution is 7.89. The van der Waals surface area contributed by atoms with Crippen LogP contribution >= 0.6 is 0 Å². The van der Waals surface area contributed by atoms with Crippen molar-refractivity contribution < 1.29 is 8.42 Å². The summed E-state index contributed by atoms with van der Waals surface area (Å²) < 4.78 is 26.5. The lowest BCUT2D eigenvalue weighted by Gasteiger charge is -2.25. The fourth-order valence-electron chi connectivity index (χ4n) is 3.12. The normalized spacial score (nSPS) is 32.9. The van der Waals surface area contributed by atoms with Crippen molar-refractivity contribution in [2.45, 2.75) is 64.1 Å². The predicted octanol–water partition coefficient (Wildman–Crippen LogP) is 1.32. The van der Waals surface area contributed by atoms with Crippen molar-refractivity contribution >= 4 is 10.0 Å². The van der Waals surface area contributed by atoms with Crippen molar-refractivity contribution in [1.82, 2.24) is 4.31 Å². The average Bonchev–Trinajstić information content (AvgIpc) is 2.87. The molecule has 0 aromatic carbocycles. The zero-order chi connectivity index (χ0) is 12.6. The van der Waals surface area contributed by atoms with E-state index in [0.29, 0.717) is 0 Å². The van der Waals surface area contributed by atoms with Crippen molar-refractivity contribution in [3.8, 4) is 0 Å². The summed E-state index contributed by atoms with van der Waals surface area (Å²) in [5.41, 5.74) is 5.99. The van der Waals surface area contributed by atoms with E-state index in [1.54, 1.807) is 4.31 Å². The van der Waals surface area contributed by atoms with Gasteiger partial charge in [0.2, 0.25) is 10.0 Å². The zero-order valence-electron chi connectivity index (χ0n) is 10.8. The van der Waals surface area contributed by atoms with Crippen molar-refractivity contribution in [2.24, 2.45) is 11.7 Å². The number of fused-ring (bicyclic) bond motifs is 2. The molecule has 2 bridgehead atoms. The largest absolute Gasteiger partial charge is 0.326 e. The average molecular weight is 260 g/mol. The molecule has 2 fully saturated rings. The van der Waals surface area contributed by atoms with Gasteiger partial charge in [0.25, 0.3) is 0 Å². The molecular weight excluding hydrogens is 236 g/mol. The SMILES string of the molecule is CCC(C)C(N)CS(=O)(=O)N1C2CCC1CC2. The Kier molecular flexibility index (Phi) is 3.80. The van der Waals surface area contributed by atoms with Gasteiger partial charge < -0.3 is 5.73 Å². The maximum absolute atomic E-state index is 12.4. The highest BCUT2D eigenvalue weighted by Gasteiger charge is 2.46. The lowest BCUT2D eigenvalue weighted by molar-refractivity contribution is 0.385. The second kappa shape index (κ2) is 4.86. The Hall–Kier alpha value is -0.130. The number of nitrogens with two attached hydrogens (primary N) is 1. The Balaban J connectivity index is 2.04. The molecule has 17 heavy (non-hydrogen) atoms. The Morgan fingerprint density at radius 2 is 1.71 bits per heavy atom. The maximum atomic E-state index is 12.4. The van der Waals surface area contributed by atoms with Crippen LogP contribution in [-0.2, 0) is 10.0 Å². The van der Waals surface area contributed by atoms with E-state index in [2.05, 4.69) is 6.92 Å². The van der Waals surface area contributed by atoms with Gasteiger partial charge >= 0.3 is 0 Å². The van der Waals surface area contributed by atoms with Crippen molar-refractivity contribution in [2.75, 3.05) is 5.75 Å². The molecule has 4 nitrogen and oxygen atoms in total. The van der Waals surface area contributed by atoms with E-state index >= 15 is 0 Å². The van der Waals surface area contributed by atoms with Crippen LogP contribution in [0.4, 0.5) is 0 Å². The number of hydrogen-bond donors (Lipinski definition) is 1. The summed E-state index contributed by atoms with van der Waals surface area (Å²) in [5, 5.41) is 0. The minimum absolute atomic E-state index is 0.120. The molecule has 2 unspecified atom stereocenters. The molecule has 0 spiro atoms. The first-order valence-electron chi connectivity index (χ1n) is 6.72. The van der Waals surface area contributed by atoms with Crippen LogP contribution in [0, 0.1) is 5.92 Å². The second-order valence-corrected chi connectivity index (χ2v) is 7.54. The van der Waals surface area contributed by atoms with Gasteiger partial charge in [0.05, 0.1) is 5.75 Å². The molecule has 0 amide bonds.